The van der Waals surface area contributed by atoms with E-state index in [1.165, 1.54) is 11.3 Å². The van der Waals surface area contributed by atoms with Gasteiger partial charge in [-0.25, -0.2) is 4.98 Å². The molecule has 0 aliphatic carbocycles. The van der Waals surface area contributed by atoms with Crippen LogP contribution in [-0.2, 0) is 6.54 Å². The second kappa shape index (κ2) is 5.93. The van der Waals surface area contributed by atoms with Gasteiger partial charge in [-0.15, -0.1) is 11.3 Å². The molecule has 0 atom stereocenters. The number of benzene rings is 2. The lowest BCUT2D eigenvalue weighted by Gasteiger charge is -2.09. The number of nitrogens with one attached hydrogen (secondary N) is 1. The van der Waals surface area contributed by atoms with Crippen molar-refractivity contribution >= 4 is 27.5 Å². The molecule has 0 radical (unpaired) electrons. The first-order valence-electron chi connectivity index (χ1n) is 6.51. The maximum absolute atomic E-state index is 12.2. The van der Waals surface area contributed by atoms with E-state index in [-0.39, 0.29) is 5.91 Å². The molecule has 0 unspecified atom stereocenters. The number of amides is 1. The van der Waals surface area contributed by atoms with Gasteiger partial charge in [-0.1, -0.05) is 18.2 Å². The van der Waals surface area contributed by atoms with E-state index in [0.29, 0.717) is 12.1 Å². The van der Waals surface area contributed by atoms with Crippen molar-refractivity contribution in [2.75, 3.05) is 7.11 Å². The number of aromatic nitrogens is 1. The van der Waals surface area contributed by atoms with E-state index >= 15 is 0 Å². The molecule has 1 heterocycles. The van der Waals surface area contributed by atoms with E-state index in [1.54, 1.807) is 18.7 Å². The van der Waals surface area contributed by atoms with Crippen molar-refractivity contribution in [3.63, 3.8) is 0 Å². The highest BCUT2D eigenvalue weighted by Crippen LogP contribution is 2.20. The van der Waals surface area contributed by atoms with Gasteiger partial charge in [0.2, 0.25) is 0 Å². The van der Waals surface area contributed by atoms with Gasteiger partial charge in [0, 0.05) is 17.7 Å². The van der Waals surface area contributed by atoms with E-state index in [9.17, 15) is 4.79 Å². The number of fused-ring (bicyclic) bond motifs is 1. The first-order valence-corrected chi connectivity index (χ1v) is 7.39. The molecule has 4 nitrogen and oxygen atoms in total. The first-order chi connectivity index (χ1) is 10.3. The number of carbonyl (C=O) groups is 1. The van der Waals surface area contributed by atoms with Crippen LogP contribution in [0.3, 0.4) is 0 Å². The Hall–Kier alpha value is -2.40. The lowest BCUT2D eigenvalue weighted by molar-refractivity contribution is 0.0951. The highest BCUT2D eigenvalue weighted by atomic mass is 32.1. The second-order valence-electron chi connectivity index (χ2n) is 4.53. The van der Waals surface area contributed by atoms with Crippen LogP contribution in [0.25, 0.3) is 10.2 Å². The Bertz CT molecular complexity index is 783. The summed E-state index contributed by atoms with van der Waals surface area (Å²) in [6.07, 6.45) is 0. The molecule has 106 valence electrons. The van der Waals surface area contributed by atoms with Gasteiger partial charge < -0.3 is 10.1 Å². The second-order valence-corrected chi connectivity index (χ2v) is 5.42. The van der Waals surface area contributed by atoms with Crippen molar-refractivity contribution in [3.05, 3.63) is 59.1 Å². The lowest BCUT2D eigenvalue weighted by atomic mass is 10.1. The summed E-state index contributed by atoms with van der Waals surface area (Å²) >= 11 is 1.53. The van der Waals surface area contributed by atoms with Crippen LogP contribution in [0.4, 0.5) is 0 Å². The maximum atomic E-state index is 12.2. The summed E-state index contributed by atoms with van der Waals surface area (Å²) < 4.78 is 6.29. The Morgan fingerprint density at radius 3 is 3.00 bits per heavy atom. The minimum absolute atomic E-state index is 0.101. The quantitative estimate of drug-likeness (QED) is 0.804. The number of ether oxygens (including phenoxy) is 1. The zero-order valence-electron chi connectivity index (χ0n) is 11.5. The van der Waals surface area contributed by atoms with E-state index in [1.807, 2.05) is 36.4 Å². The average molecular weight is 298 g/mol. The fourth-order valence-corrected chi connectivity index (χ4v) is 2.84. The van der Waals surface area contributed by atoms with Crippen LogP contribution in [0.1, 0.15) is 15.9 Å². The Morgan fingerprint density at radius 1 is 1.29 bits per heavy atom. The summed E-state index contributed by atoms with van der Waals surface area (Å²) in [5.74, 6) is 0.673. The predicted molar refractivity (Wildman–Crippen MR) is 83.8 cm³/mol. The number of hydrogen-bond acceptors (Lipinski definition) is 4. The van der Waals surface area contributed by atoms with Gasteiger partial charge in [-0.05, 0) is 24.3 Å². The van der Waals surface area contributed by atoms with Crippen LogP contribution in [0, 0.1) is 0 Å². The molecule has 2 aromatic carbocycles. The van der Waals surface area contributed by atoms with Gasteiger partial charge in [0.1, 0.15) is 5.75 Å². The third-order valence-corrected chi connectivity index (χ3v) is 4.02. The van der Waals surface area contributed by atoms with E-state index in [2.05, 4.69) is 10.3 Å². The van der Waals surface area contributed by atoms with Crippen LogP contribution < -0.4 is 10.1 Å². The van der Waals surface area contributed by atoms with Crippen molar-refractivity contribution in [1.29, 1.82) is 0 Å². The summed E-state index contributed by atoms with van der Waals surface area (Å²) in [4.78, 5) is 16.4. The minimum Gasteiger partial charge on any atom is -0.496 e. The molecule has 1 aromatic heterocycles. The molecule has 0 spiro atoms. The number of rotatable bonds is 4. The van der Waals surface area contributed by atoms with E-state index < -0.39 is 0 Å². The molecule has 0 fully saturated rings. The topological polar surface area (TPSA) is 51.2 Å². The Morgan fingerprint density at radius 2 is 2.14 bits per heavy atom. The molecule has 0 aliphatic heterocycles. The summed E-state index contributed by atoms with van der Waals surface area (Å²) in [5, 5.41) is 2.91. The van der Waals surface area contributed by atoms with E-state index in [0.717, 1.165) is 21.5 Å². The first kappa shape index (κ1) is 13.6. The van der Waals surface area contributed by atoms with Crippen molar-refractivity contribution in [3.8, 4) is 5.75 Å². The van der Waals surface area contributed by atoms with Crippen molar-refractivity contribution < 1.29 is 9.53 Å². The molecule has 0 saturated carbocycles. The fraction of sp³-hybridized carbons (Fsp3) is 0.125. The molecule has 1 amide bonds. The summed E-state index contributed by atoms with van der Waals surface area (Å²) in [6.45, 7) is 0.434. The molecule has 1 N–H and O–H groups in total. The standard InChI is InChI=1S/C16H14N2O2S/c1-20-14-5-3-2-4-12(14)9-17-16(19)11-6-7-13-15(8-11)21-10-18-13/h2-8,10H,9H2,1H3,(H,17,19). The Balaban J connectivity index is 1.74. The maximum Gasteiger partial charge on any atom is 0.251 e. The smallest absolute Gasteiger partial charge is 0.251 e. The highest BCUT2D eigenvalue weighted by Gasteiger charge is 2.09. The molecular weight excluding hydrogens is 284 g/mol. The number of thiazole rings is 1. The number of methoxy groups -OCH3 is 1. The largest absolute Gasteiger partial charge is 0.496 e. The molecule has 5 heteroatoms. The van der Waals surface area contributed by atoms with Crippen LogP contribution in [0.5, 0.6) is 5.75 Å². The zero-order valence-corrected chi connectivity index (χ0v) is 12.3. The summed E-state index contributed by atoms with van der Waals surface area (Å²) in [7, 11) is 1.62. The van der Waals surface area contributed by atoms with Gasteiger partial charge in [0.05, 0.1) is 22.8 Å². The number of nitrogens with zero attached hydrogens (tertiary/aromatic N) is 1. The minimum atomic E-state index is -0.101. The molecule has 0 aliphatic rings. The average Bonchev–Trinajstić information content (AvgIpc) is 3.00. The molecular formula is C16H14N2O2S. The van der Waals surface area contributed by atoms with Gasteiger partial charge in [0.15, 0.2) is 0 Å². The molecule has 3 rings (SSSR count). The predicted octanol–water partition coefficient (Wildman–Crippen LogP) is 3.23. The third kappa shape index (κ3) is 2.87. The van der Waals surface area contributed by atoms with Crippen molar-refractivity contribution in [2.24, 2.45) is 0 Å². The monoisotopic (exact) mass is 298 g/mol. The third-order valence-electron chi connectivity index (χ3n) is 3.23. The van der Waals surface area contributed by atoms with E-state index in [4.69, 9.17) is 4.74 Å². The van der Waals surface area contributed by atoms with Crippen molar-refractivity contribution in [2.45, 2.75) is 6.54 Å². The van der Waals surface area contributed by atoms with Gasteiger partial charge >= 0.3 is 0 Å². The summed E-state index contributed by atoms with van der Waals surface area (Å²) in [6, 6.07) is 13.2. The van der Waals surface area contributed by atoms with Crippen LogP contribution in [-0.4, -0.2) is 18.0 Å². The molecule has 3 aromatic rings. The number of hydrogen-bond donors (Lipinski definition) is 1. The number of para-hydroxylation sites is 1. The fourth-order valence-electron chi connectivity index (χ4n) is 2.12. The normalized spacial score (nSPS) is 10.5. The van der Waals surface area contributed by atoms with Crippen LogP contribution >= 0.6 is 11.3 Å². The zero-order chi connectivity index (χ0) is 14.7. The molecule has 0 saturated heterocycles. The van der Waals surface area contributed by atoms with Crippen LogP contribution in [0.15, 0.2) is 48.0 Å². The molecule has 21 heavy (non-hydrogen) atoms. The van der Waals surface area contributed by atoms with Gasteiger partial charge in [0.25, 0.3) is 5.91 Å². The number of carbonyl (C=O) groups excluding carboxylic acids is 1. The summed E-state index contributed by atoms with van der Waals surface area (Å²) in [5.41, 5.74) is 4.29. The lowest BCUT2D eigenvalue weighted by Crippen LogP contribution is -2.22. The highest BCUT2D eigenvalue weighted by molar-refractivity contribution is 7.16. The van der Waals surface area contributed by atoms with Gasteiger partial charge in [-0.3, -0.25) is 4.79 Å². The Kier molecular flexibility index (Phi) is 3.83. The SMILES string of the molecule is COc1ccccc1CNC(=O)c1ccc2ncsc2c1. The Labute approximate surface area is 126 Å². The molecule has 0 bridgehead atoms. The van der Waals surface area contributed by atoms with Crippen molar-refractivity contribution in [1.82, 2.24) is 10.3 Å². The van der Waals surface area contributed by atoms with Crippen LogP contribution in [0.2, 0.25) is 0 Å². The van der Waals surface area contributed by atoms with Gasteiger partial charge in [-0.2, -0.15) is 0 Å².